The van der Waals surface area contributed by atoms with E-state index in [4.69, 9.17) is 9.84 Å². The lowest BCUT2D eigenvalue weighted by atomic mass is 10.1. The summed E-state index contributed by atoms with van der Waals surface area (Å²) in [6, 6.07) is 6.95. The van der Waals surface area contributed by atoms with Crippen LogP contribution in [0.2, 0.25) is 0 Å². The van der Waals surface area contributed by atoms with Crippen LogP contribution in [0.25, 0.3) is 0 Å². The number of aliphatic hydroxyl groups is 1. The maximum Gasteiger partial charge on any atom is 0.340 e. The Labute approximate surface area is 154 Å². The molecule has 0 amide bonds. The van der Waals surface area contributed by atoms with Crippen molar-refractivity contribution < 1.29 is 24.4 Å². The first-order valence-electron chi connectivity index (χ1n) is 7.01. The van der Waals surface area contributed by atoms with Gasteiger partial charge in [-0.25, -0.2) is 4.79 Å². The van der Waals surface area contributed by atoms with E-state index < -0.39 is 17.5 Å². The quantitative estimate of drug-likeness (QED) is 0.287. The minimum absolute atomic E-state index is 0.0807. The molecule has 2 N–H and O–H groups in total. The molecule has 0 atom stereocenters. The van der Waals surface area contributed by atoms with Crippen LogP contribution in [0.3, 0.4) is 0 Å². The normalized spacial score (nSPS) is 10.3. The van der Waals surface area contributed by atoms with E-state index in [1.165, 1.54) is 23.5 Å². The van der Waals surface area contributed by atoms with Gasteiger partial charge in [0.05, 0.1) is 25.8 Å². The SMILES string of the molecule is O=C(COC(=O)c1cc([N+](=O)[O-])ccc1NCCO)c1ccc(Br)s1. The van der Waals surface area contributed by atoms with Gasteiger partial charge >= 0.3 is 5.97 Å². The molecule has 0 saturated heterocycles. The summed E-state index contributed by atoms with van der Waals surface area (Å²) in [5.74, 6) is -1.24. The predicted molar refractivity (Wildman–Crippen MR) is 95.3 cm³/mol. The fourth-order valence-electron chi connectivity index (χ4n) is 1.90. The maximum absolute atomic E-state index is 12.2. The first-order valence-corrected chi connectivity index (χ1v) is 8.62. The summed E-state index contributed by atoms with van der Waals surface area (Å²) < 4.78 is 5.76. The van der Waals surface area contributed by atoms with Crippen LogP contribution in [0, 0.1) is 10.1 Å². The largest absolute Gasteiger partial charge is 0.454 e. The summed E-state index contributed by atoms with van der Waals surface area (Å²) in [4.78, 5) is 34.9. The topological polar surface area (TPSA) is 119 Å². The van der Waals surface area contributed by atoms with E-state index in [-0.39, 0.29) is 35.9 Å². The Morgan fingerprint density at radius 1 is 1.32 bits per heavy atom. The highest BCUT2D eigenvalue weighted by molar-refractivity contribution is 9.11. The summed E-state index contributed by atoms with van der Waals surface area (Å²) in [5.41, 5.74) is -0.0891. The summed E-state index contributed by atoms with van der Waals surface area (Å²) in [6.07, 6.45) is 0. The van der Waals surface area contributed by atoms with E-state index in [1.54, 1.807) is 12.1 Å². The Kier molecular flexibility index (Phi) is 6.62. The molecular weight excluding hydrogens is 416 g/mol. The van der Waals surface area contributed by atoms with Crippen molar-refractivity contribution in [2.75, 3.05) is 25.1 Å². The van der Waals surface area contributed by atoms with E-state index in [2.05, 4.69) is 21.2 Å². The van der Waals surface area contributed by atoms with Crippen molar-refractivity contribution >= 4 is 50.4 Å². The van der Waals surface area contributed by atoms with Crippen LogP contribution in [-0.4, -0.2) is 41.5 Å². The molecule has 8 nitrogen and oxygen atoms in total. The molecule has 10 heteroatoms. The van der Waals surface area contributed by atoms with Crippen LogP contribution in [0.4, 0.5) is 11.4 Å². The molecule has 0 aliphatic rings. The molecule has 1 aromatic carbocycles. The summed E-state index contributed by atoms with van der Waals surface area (Å²) >= 11 is 4.45. The van der Waals surface area contributed by atoms with Gasteiger partial charge in [0.15, 0.2) is 6.61 Å². The van der Waals surface area contributed by atoms with Crippen molar-refractivity contribution in [1.82, 2.24) is 0 Å². The number of non-ortho nitro benzene ring substituents is 1. The Hall–Kier alpha value is -2.30. The van der Waals surface area contributed by atoms with Crippen LogP contribution in [-0.2, 0) is 4.74 Å². The number of nitro groups is 1. The van der Waals surface area contributed by atoms with E-state index in [0.29, 0.717) is 4.88 Å². The molecular formula is C15H13BrN2O6S. The number of hydrogen-bond donors (Lipinski definition) is 2. The van der Waals surface area contributed by atoms with Crippen LogP contribution in [0.5, 0.6) is 0 Å². The molecule has 0 aliphatic heterocycles. The minimum Gasteiger partial charge on any atom is -0.454 e. The molecule has 1 aromatic heterocycles. The Balaban J connectivity index is 2.14. The Morgan fingerprint density at radius 3 is 2.68 bits per heavy atom. The smallest absolute Gasteiger partial charge is 0.340 e. The number of carbonyl (C=O) groups excluding carboxylic acids is 2. The van der Waals surface area contributed by atoms with Gasteiger partial charge in [-0.1, -0.05) is 0 Å². The number of rotatable bonds is 8. The predicted octanol–water partition coefficient (Wildman–Crippen LogP) is 2.86. The third kappa shape index (κ3) is 5.08. The molecule has 2 aromatic rings. The van der Waals surface area contributed by atoms with E-state index in [0.717, 1.165) is 9.85 Å². The lowest BCUT2D eigenvalue weighted by molar-refractivity contribution is -0.384. The number of ketones is 1. The monoisotopic (exact) mass is 428 g/mol. The average Bonchev–Trinajstić information content (AvgIpc) is 3.03. The molecule has 0 bridgehead atoms. The number of ether oxygens (including phenoxy) is 1. The zero-order valence-corrected chi connectivity index (χ0v) is 15.1. The van der Waals surface area contributed by atoms with Crippen molar-refractivity contribution in [3.8, 4) is 0 Å². The van der Waals surface area contributed by atoms with E-state index >= 15 is 0 Å². The molecule has 0 aliphatic carbocycles. The molecule has 0 saturated carbocycles. The van der Waals surface area contributed by atoms with Gasteiger partial charge in [0.1, 0.15) is 0 Å². The number of aliphatic hydroxyl groups excluding tert-OH is 1. The number of halogens is 1. The zero-order valence-electron chi connectivity index (χ0n) is 12.7. The molecule has 2 rings (SSSR count). The number of Topliss-reactive ketones (excluding diaryl/α,β-unsaturated/α-hetero) is 1. The molecule has 0 spiro atoms. The van der Waals surface area contributed by atoms with Crippen LogP contribution < -0.4 is 5.32 Å². The van der Waals surface area contributed by atoms with Crippen molar-refractivity contribution in [3.63, 3.8) is 0 Å². The van der Waals surface area contributed by atoms with Gasteiger partial charge in [0.25, 0.3) is 5.69 Å². The number of nitro benzene ring substituents is 1. The third-order valence-corrected chi connectivity index (χ3v) is 4.71. The Bertz CT molecular complexity index is 807. The first kappa shape index (κ1) is 19.0. The van der Waals surface area contributed by atoms with E-state index in [9.17, 15) is 19.7 Å². The average molecular weight is 429 g/mol. The number of anilines is 1. The van der Waals surface area contributed by atoms with Gasteiger partial charge in [-0.05, 0) is 34.1 Å². The lowest BCUT2D eigenvalue weighted by Crippen LogP contribution is -2.16. The van der Waals surface area contributed by atoms with Crippen molar-refractivity contribution in [1.29, 1.82) is 0 Å². The highest BCUT2D eigenvalue weighted by Gasteiger charge is 2.19. The zero-order chi connectivity index (χ0) is 18.4. The van der Waals surface area contributed by atoms with Gasteiger partial charge in [-0.2, -0.15) is 0 Å². The van der Waals surface area contributed by atoms with E-state index in [1.807, 2.05) is 0 Å². The lowest BCUT2D eigenvalue weighted by Gasteiger charge is -2.10. The molecule has 0 radical (unpaired) electrons. The fourth-order valence-corrected chi connectivity index (χ4v) is 3.21. The van der Waals surface area contributed by atoms with Gasteiger partial charge in [0, 0.05) is 24.4 Å². The van der Waals surface area contributed by atoms with Crippen molar-refractivity contribution in [3.05, 3.63) is 54.7 Å². The molecule has 25 heavy (non-hydrogen) atoms. The third-order valence-electron chi connectivity index (χ3n) is 3.04. The number of thiophene rings is 1. The molecule has 1 heterocycles. The maximum atomic E-state index is 12.2. The highest BCUT2D eigenvalue weighted by Crippen LogP contribution is 2.24. The first-order chi connectivity index (χ1) is 11.9. The molecule has 0 fully saturated rings. The second-order valence-corrected chi connectivity index (χ2v) is 7.20. The summed E-state index contributed by atoms with van der Waals surface area (Å²) in [6.45, 7) is -0.509. The number of hydrogen-bond acceptors (Lipinski definition) is 8. The summed E-state index contributed by atoms with van der Waals surface area (Å²) in [7, 11) is 0. The molecule has 0 unspecified atom stereocenters. The minimum atomic E-state index is -0.867. The van der Waals surface area contributed by atoms with Gasteiger partial charge in [-0.3, -0.25) is 14.9 Å². The number of nitrogens with zero attached hydrogens (tertiary/aromatic N) is 1. The van der Waals surface area contributed by atoms with Gasteiger partial charge in [0.2, 0.25) is 5.78 Å². The number of carbonyl (C=O) groups is 2. The van der Waals surface area contributed by atoms with Gasteiger partial charge in [-0.15, -0.1) is 11.3 Å². The highest BCUT2D eigenvalue weighted by atomic mass is 79.9. The van der Waals surface area contributed by atoms with Crippen LogP contribution in [0.1, 0.15) is 20.0 Å². The fraction of sp³-hybridized carbons (Fsp3) is 0.200. The number of benzene rings is 1. The van der Waals surface area contributed by atoms with Crippen molar-refractivity contribution in [2.45, 2.75) is 0 Å². The second-order valence-electron chi connectivity index (χ2n) is 4.74. The second kappa shape index (κ2) is 8.70. The van der Waals surface area contributed by atoms with Gasteiger partial charge < -0.3 is 15.2 Å². The Morgan fingerprint density at radius 2 is 2.08 bits per heavy atom. The number of esters is 1. The number of nitrogens with one attached hydrogen (secondary N) is 1. The van der Waals surface area contributed by atoms with Crippen LogP contribution >= 0.6 is 27.3 Å². The standard InChI is InChI=1S/C15H13BrN2O6S/c16-14-4-3-13(25-14)12(20)8-24-15(21)10-7-9(18(22)23)1-2-11(10)17-5-6-19/h1-4,7,17,19H,5-6,8H2. The summed E-state index contributed by atoms with van der Waals surface area (Å²) in [5, 5.41) is 22.5. The van der Waals surface area contributed by atoms with Crippen molar-refractivity contribution in [2.24, 2.45) is 0 Å². The molecule has 132 valence electrons. The van der Waals surface area contributed by atoms with Crippen LogP contribution in [0.15, 0.2) is 34.1 Å².